The molecule has 0 bridgehead atoms. The lowest BCUT2D eigenvalue weighted by molar-refractivity contribution is -0.370. The van der Waals surface area contributed by atoms with Crippen molar-refractivity contribution in [3.63, 3.8) is 0 Å². The first kappa shape index (κ1) is 21.8. The van der Waals surface area contributed by atoms with Crippen molar-refractivity contribution < 1.29 is 49.0 Å². The molecule has 0 radical (unpaired) electrons. The van der Waals surface area contributed by atoms with E-state index in [2.05, 4.69) is 4.74 Å². The number of hydrogen-bond donors (Lipinski definition) is 0. The van der Waals surface area contributed by atoms with Gasteiger partial charge in [-0.25, -0.2) is 18.0 Å². The van der Waals surface area contributed by atoms with Gasteiger partial charge in [-0.3, -0.25) is 0 Å². The minimum absolute atomic E-state index is 0.0894. The third-order valence-electron chi connectivity index (χ3n) is 3.28. The smallest absolute Gasteiger partial charge is 0.381 e. The fourth-order valence-electron chi connectivity index (χ4n) is 1.27. The number of hydrogen-bond acceptors (Lipinski definition) is 2. The lowest BCUT2D eigenvalue weighted by Crippen LogP contribution is -2.66. The molecule has 0 saturated carbocycles. The molecule has 0 aliphatic heterocycles. The number of carbonyl (C=O) groups is 1. The molecule has 0 rings (SSSR count). The Labute approximate surface area is 126 Å². The van der Waals surface area contributed by atoms with E-state index in [1.807, 2.05) is 0 Å². The van der Waals surface area contributed by atoms with E-state index in [1.54, 1.807) is 0 Å². The standard InChI is InChI=1S/C12H15F9O2/c1-5-9(4,15)7(22)23-8(2,3)11(18,19)12(20,21)10(16,17)6(13)14/h6H,5H2,1-4H3. The predicted octanol–water partition coefficient (Wildman–Crippen LogP) is 4.62. The van der Waals surface area contributed by atoms with Crippen molar-refractivity contribution in [1.82, 2.24) is 0 Å². The second kappa shape index (κ2) is 6.04. The van der Waals surface area contributed by atoms with Crippen LogP contribution in [0.4, 0.5) is 39.5 Å². The second-order valence-corrected chi connectivity index (χ2v) is 5.52. The summed E-state index contributed by atoms with van der Waals surface area (Å²) in [6, 6.07) is 0. The Morgan fingerprint density at radius 3 is 1.61 bits per heavy atom. The lowest BCUT2D eigenvalue weighted by atomic mass is 9.90. The molecule has 1 unspecified atom stereocenters. The van der Waals surface area contributed by atoms with Gasteiger partial charge in [0, 0.05) is 0 Å². The van der Waals surface area contributed by atoms with Gasteiger partial charge in [-0.2, -0.15) is 26.3 Å². The van der Waals surface area contributed by atoms with E-state index in [0.717, 1.165) is 6.92 Å². The molecule has 0 aromatic rings. The summed E-state index contributed by atoms with van der Waals surface area (Å²) in [5.41, 5.74) is -6.54. The maximum absolute atomic E-state index is 13.7. The second-order valence-electron chi connectivity index (χ2n) is 5.52. The van der Waals surface area contributed by atoms with E-state index in [4.69, 9.17) is 0 Å². The van der Waals surface area contributed by atoms with E-state index in [-0.39, 0.29) is 13.8 Å². The zero-order valence-corrected chi connectivity index (χ0v) is 12.5. The van der Waals surface area contributed by atoms with E-state index in [0.29, 0.717) is 6.92 Å². The normalized spacial score (nSPS) is 17.1. The molecule has 1 atom stereocenters. The summed E-state index contributed by atoms with van der Waals surface area (Å²) in [4.78, 5) is 11.4. The van der Waals surface area contributed by atoms with Crippen LogP contribution in [0.5, 0.6) is 0 Å². The average molecular weight is 362 g/mol. The Hall–Kier alpha value is -1.16. The highest BCUT2D eigenvalue weighted by molar-refractivity contribution is 5.79. The first-order valence-electron chi connectivity index (χ1n) is 6.22. The lowest BCUT2D eigenvalue weighted by Gasteiger charge is -2.41. The maximum atomic E-state index is 13.7. The van der Waals surface area contributed by atoms with Gasteiger partial charge in [0.15, 0.2) is 5.60 Å². The van der Waals surface area contributed by atoms with Crippen molar-refractivity contribution in [2.24, 2.45) is 0 Å². The van der Waals surface area contributed by atoms with E-state index in [9.17, 15) is 44.3 Å². The Morgan fingerprint density at radius 1 is 0.913 bits per heavy atom. The highest BCUT2D eigenvalue weighted by Crippen LogP contribution is 2.53. The van der Waals surface area contributed by atoms with Gasteiger partial charge in [-0.05, 0) is 27.2 Å². The summed E-state index contributed by atoms with van der Waals surface area (Å²) in [6.07, 6.45) is -5.69. The predicted molar refractivity (Wildman–Crippen MR) is 60.8 cm³/mol. The quantitative estimate of drug-likeness (QED) is 0.488. The van der Waals surface area contributed by atoms with Crippen LogP contribution in [0.1, 0.15) is 34.1 Å². The number of rotatable bonds is 7. The molecule has 0 aromatic carbocycles. The molecule has 0 saturated heterocycles. The van der Waals surface area contributed by atoms with Crippen molar-refractivity contribution in [3.05, 3.63) is 0 Å². The summed E-state index contributed by atoms with van der Waals surface area (Å²) in [5, 5.41) is 0. The third-order valence-corrected chi connectivity index (χ3v) is 3.28. The topological polar surface area (TPSA) is 26.3 Å². The Morgan fingerprint density at radius 2 is 1.30 bits per heavy atom. The number of alkyl halides is 9. The zero-order valence-electron chi connectivity index (χ0n) is 12.5. The molecule has 11 heteroatoms. The highest BCUT2D eigenvalue weighted by Gasteiger charge is 2.80. The van der Waals surface area contributed by atoms with Crippen LogP contribution in [0.2, 0.25) is 0 Å². The highest BCUT2D eigenvalue weighted by atomic mass is 19.4. The van der Waals surface area contributed by atoms with Crippen LogP contribution in [0.15, 0.2) is 0 Å². The largest absolute Gasteiger partial charge is 0.451 e. The summed E-state index contributed by atoms with van der Waals surface area (Å²) >= 11 is 0. The molecule has 2 nitrogen and oxygen atoms in total. The van der Waals surface area contributed by atoms with Crippen LogP contribution in [-0.2, 0) is 9.53 Å². The number of esters is 1. The third kappa shape index (κ3) is 3.52. The minimum atomic E-state index is -6.56. The van der Waals surface area contributed by atoms with Gasteiger partial charge in [0.25, 0.3) is 0 Å². The van der Waals surface area contributed by atoms with E-state index in [1.165, 1.54) is 0 Å². The van der Waals surface area contributed by atoms with Crippen molar-refractivity contribution in [3.8, 4) is 0 Å². The number of ether oxygens (including phenoxy) is 1. The summed E-state index contributed by atoms with van der Waals surface area (Å²) in [6.45, 7) is 1.87. The molecule has 23 heavy (non-hydrogen) atoms. The summed E-state index contributed by atoms with van der Waals surface area (Å²) in [7, 11) is 0. The molecule has 0 fully saturated rings. The molecular weight excluding hydrogens is 347 g/mol. The van der Waals surface area contributed by atoms with Gasteiger partial charge in [-0.1, -0.05) is 6.92 Å². The SMILES string of the molecule is CCC(C)(F)C(=O)OC(C)(C)C(F)(F)C(F)(F)C(F)(F)C(F)F. The molecule has 0 spiro atoms. The van der Waals surface area contributed by atoms with E-state index >= 15 is 0 Å². The van der Waals surface area contributed by atoms with Crippen LogP contribution >= 0.6 is 0 Å². The van der Waals surface area contributed by atoms with Crippen molar-refractivity contribution in [1.29, 1.82) is 0 Å². The number of carbonyl (C=O) groups excluding carboxylic acids is 1. The first-order chi connectivity index (χ1) is 9.88. The fraction of sp³-hybridized carbons (Fsp3) is 0.917. The average Bonchev–Trinajstić information content (AvgIpc) is 2.37. The van der Waals surface area contributed by atoms with Crippen molar-refractivity contribution in [2.75, 3.05) is 0 Å². The molecule has 0 amide bonds. The summed E-state index contributed by atoms with van der Waals surface area (Å²) in [5.74, 6) is -20.9. The summed E-state index contributed by atoms with van der Waals surface area (Å²) < 4.78 is 121. The van der Waals surface area contributed by atoms with Gasteiger partial charge in [0.1, 0.15) is 0 Å². The van der Waals surface area contributed by atoms with Crippen molar-refractivity contribution in [2.45, 2.75) is 69.6 Å². The Balaban J connectivity index is 5.76. The van der Waals surface area contributed by atoms with Crippen LogP contribution in [0.3, 0.4) is 0 Å². The van der Waals surface area contributed by atoms with Crippen LogP contribution < -0.4 is 0 Å². The van der Waals surface area contributed by atoms with Gasteiger partial charge in [0.2, 0.25) is 5.67 Å². The Kier molecular flexibility index (Phi) is 5.74. The van der Waals surface area contributed by atoms with Crippen LogP contribution in [-0.4, -0.2) is 41.4 Å². The van der Waals surface area contributed by atoms with Crippen LogP contribution in [0.25, 0.3) is 0 Å². The zero-order chi connectivity index (χ0) is 19.1. The molecule has 0 N–H and O–H groups in total. The van der Waals surface area contributed by atoms with Crippen molar-refractivity contribution >= 4 is 5.97 Å². The first-order valence-corrected chi connectivity index (χ1v) is 6.22. The van der Waals surface area contributed by atoms with Gasteiger partial charge in [-0.15, -0.1) is 0 Å². The molecule has 0 aliphatic rings. The molecule has 0 aliphatic carbocycles. The molecule has 0 aromatic heterocycles. The van der Waals surface area contributed by atoms with Gasteiger partial charge < -0.3 is 4.74 Å². The Bertz CT molecular complexity index is 444. The maximum Gasteiger partial charge on any atom is 0.381 e. The molecule has 138 valence electrons. The van der Waals surface area contributed by atoms with Gasteiger partial charge in [0.05, 0.1) is 0 Å². The molecular formula is C12H15F9O2. The monoisotopic (exact) mass is 362 g/mol. The fourth-order valence-corrected chi connectivity index (χ4v) is 1.27. The molecule has 0 heterocycles. The minimum Gasteiger partial charge on any atom is -0.451 e. The van der Waals surface area contributed by atoms with E-state index < -0.39 is 47.9 Å². The number of halogens is 9. The van der Waals surface area contributed by atoms with Crippen LogP contribution in [0, 0.1) is 0 Å². The van der Waals surface area contributed by atoms with Gasteiger partial charge >= 0.3 is 30.2 Å².